The first kappa shape index (κ1) is 10.5. The maximum absolute atomic E-state index is 11.2. The van der Waals surface area contributed by atoms with Crippen LogP contribution in [0.1, 0.15) is 39.0 Å². The predicted molar refractivity (Wildman–Crippen MR) is 51.2 cm³/mol. The number of hydrogen-bond acceptors (Lipinski definition) is 3. The first-order chi connectivity index (χ1) is 6.24. The number of ether oxygens (including phenoxy) is 1. The average Bonchev–Trinajstić information content (AvgIpc) is 2.65. The van der Waals surface area contributed by atoms with E-state index in [0.717, 1.165) is 0 Å². The Balaban J connectivity index is 2.13. The van der Waals surface area contributed by atoms with Gasteiger partial charge in [-0.2, -0.15) is 0 Å². The molecule has 0 aromatic carbocycles. The van der Waals surface area contributed by atoms with E-state index in [1.54, 1.807) is 0 Å². The van der Waals surface area contributed by atoms with Gasteiger partial charge in [0.05, 0.1) is 6.61 Å². The quantitative estimate of drug-likeness (QED) is 0.674. The second kappa shape index (κ2) is 5.22. The fraction of sp³-hybridized carbons (Fsp3) is 0.900. The molecule has 3 nitrogen and oxygen atoms in total. The third-order valence-corrected chi connectivity index (χ3v) is 2.68. The third-order valence-electron chi connectivity index (χ3n) is 2.68. The fourth-order valence-corrected chi connectivity index (χ4v) is 1.65. The molecule has 1 saturated carbocycles. The highest BCUT2D eigenvalue weighted by atomic mass is 16.5. The monoisotopic (exact) mass is 185 g/mol. The van der Waals surface area contributed by atoms with Crippen LogP contribution in [0.15, 0.2) is 0 Å². The molecule has 0 bridgehead atoms. The van der Waals surface area contributed by atoms with Gasteiger partial charge < -0.3 is 10.5 Å². The molecule has 0 radical (unpaired) electrons. The van der Waals surface area contributed by atoms with Crippen molar-refractivity contribution in [3.05, 3.63) is 0 Å². The maximum Gasteiger partial charge on any atom is 0.322 e. The van der Waals surface area contributed by atoms with Gasteiger partial charge in [-0.1, -0.05) is 19.8 Å². The second-order valence-electron chi connectivity index (χ2n) is 3.80. The van der Waals surface area contributed by atoms with E-state index in [1.807, 2.05) is 6.92 Å². The van der Waals surface area contributed by atoms with Crippen LogP contribution in [0, 0.1) is 5.92 Å². The highest BCUT2D eigenvalue weighted by Gasteiger charge is 2.18. The number of esters is 1. The summed E-state index contributed by atoms with van der Waals surface area (Å²) in [6.45, 7) is 2.47. The molecule has 1 rings (SSSR count). The largest absolute Gasteiger partial charge is 0.464 e. The summed E-state index contributed by atoms with van der Waals surface area (Å²) in [5.41, 5.74) is 5.53. The third kappa shape index (κ3) is 3.35. The van der Waals surface area contributed by atoms with Crippen LogP contribution in [0.25, 0.3) is 0 Å². The van der Waals surface area contributed by atoms with E-state index in [-0.39, 0.29) is 5.97 Å². The van der Waals surface area contributed by atoms with E-state index >= 15 is 0 Å². The summed E-state index contributed by atoms with van der Waals surface area (Å²) in [6, 6.07) is -0.429. The topological polar surface area (TPSA) is 52.3 Å². The fourth-order valence-electron chi connectivity index (χ4n) is 1.65. The number of hydrogen-bond donors (Lipinski definition) is 1. The highest BCUT2D eigenvalue weighted by molar-refractivity contribution is 5.75. The lowest BCUT2D eigenvalue weighted by Gasteiger charge is -2.12. The van der Waals surface area contributed by atoms with Crippen molar-refractivity contribution in [1.82, 2.24) is 0 Å². The van der Waals surface area contributed by atoms with Crippen molar-refractivity contribution < 1.29 is 9.53 Å². The summed E-state index contributed by atoms with van der Waals surface area (Å²) in [4.78, 5) is 11.2. The summed E-state index contributed by atoms with van der Waals surface area (Å²) < 4.78 is 5.11. The molecule has 2 N–H and O–H groups in total. The number of carbonyl (C=O) groups excluding carboxylic acids is 1. The van der Waals surface area contributed by atoms with Gasteiger partial charge in [0, 0.05) is 0 Å². The Kier molecular flexibility index (Phi) is 4.22. The first-order valence-corrected chi connectivity index (χ1v) is 5.16. The van der Waals surface area contributed by atoms with E-state index in [9.17, 15) is 4.79 Å². The molecular formula is C10H19NO2. The van der Waals surface area contributed by atoms with Crippen molar-refractivity contribution in [2.75, 3.05) is 6.61 Å². The lowest BCUT2D eigenvalue weighted by molar-refractivity contribution is -0.146. The van der Waals surface area contributed by atoms with Crippen LogP contribution < -0.4 is 5.73 Å². The Morgan fingerprint density at radius 3 is 2.69 bits per heavy atom. The zero-order chi connectivity index (χ0) is 9.68. The summed E-state index contributed by atoms with van der Waals surface area (Å²) >= 11 is 0. The van der Waals surface area contributed by atoms with Crippen LogP contribution >= 0.6 is 0 Å². The number of nitrogens with two attached hydrogens (primary N) is 1. The summed E-state index contributed by atoms with van der Waals surface area (Å²) in [7, 11) is 0. The van der Waals surface area contributed by atoms with Gasteiger partial charge >= 0.3 is 5.97 Å². The first-order valence-electron chi connectivity index (χ1n) is 5.16. The Morgan fingerprint density at radius 1 is 1.54 bits per heavy atom. The Bertz CT molecular complexity index is 164. The van der Waals surface area contributed by atoms with E-state index in [1.165, 1.54) is 25.7 Å². The van der Waals surface area contributed by atoms with Crippen molar-refractivity contribution in [3.8, 4) is 0 Å². The van der Waals surface area contributed by atoms with Gasteiger partial charge in [0.25, 0.3) is 0 Å². The molecule has 1 fully saturated rings. The van der Waals surface area contributed by atoms with Gasteiger partial charge in [-0.3, -0.25) is 4.79 Å². The smallest absolute Gasteiger partial charge is 0.322 e. The van der Waals surface area contributed by atoms with Crippen LogP contribution in [0.4, 0.5) is 0 Å². The molecule has 1 aliphatic rings. The van der Waals surface area contributed by atoms with Gasteiger partial charge in [0.2, 0.25) is 0 Å². The maximum atomic E-state index is 11.2. The van der Waals surface area contributed by atoms with Gasteiger partial charge in [-0.15, -0.1) is 0 Å². The molecule has 1 aliphatic carbocycles. The minimum Gasteiger partial charge on any atom is -0.464 e. The van der Waals surface area contributed by atoms with Crippen LogP contribution in [0.2, 0.25) is 0 Å². The van der Waals surface area contributed by atoms with E-state index in [0.29, 0.717) is 18.9 Å². The van der Waals surface area contributed by atoms with Crippen LogP contribution in [0.5, 0.6) is 0 Å². The highest BCUT2D eigenvalue weighted by Crippen LogP contribution is 2.24. The molecule has 0 amide bonds. The van der Waals surface area contributed by atoms with Crippen molar-refractivity contribution >= 4 is 5.97 Å². The Hall–Kier alpha value is -0.570. The minimum absolute atomic E-state index is 0.241. The zero-order valence-electron chi connectivity index (χ0n) is 8.29. The van der Waals surface area contributed by atoms with Crippen molar-refractivity contribution in [3.63, 3.8) is 0 Å². The molecule has 13 heavy (non-hydrogen) atoms. The lowest BCUT2D eigenvalue weighted by Crippen LogP contribution is -2.32. The Labute approximate surface area is 79.6 Å². The van der Waals surface area contributed by atoms with Gasteiger partial charge in [0.15, 0.2) is 0 Å². The van der Waals surface area contributed by atoms with Crippen LogP contribution in [-0.2, 0) is 9.53 Å². The van der Waals surface area contributed by atoms with Crippen molar-refractivity contribution in [2.45, 2.75) is 45.1 Å². The Morgan fingerprint density at radius 2 is 2.15 bits per heavy atom. The standard InChI is InChI=1S/C10H19NO2/c1-2-9(11)10(12)13-7-8-5-3-4-6-8/h8-9H,2-7,11H2,1H3/t9-/m0/s1. The predicted octanol–water partition coefficient (Wildman–Crippen LogP) is 1.46. The molecule has 3 heteroatoms. The summed E-state index contributed by atoms with van der Waals surface area (Å²) in [5.74, 6) is 0.349. The SMILES string of the molecule is CC[C@H](N)C(=O)OCC1CCCC1. The van der Waals surface area contributed by atoms with Crippen LogP contribution in [0.3, 0.4) is 0 Å². The van der Waals surface area contributed by atoms with Gasteiger partial charge in [-0.25, -0.2) is 0 Å². The van der Waals surface area contributed by atoms with E-state index < -0.39 is 6.04 Å². The number of carbonyl (C=O) groups is 1. The normalized spacial score (nSPS) is 20.2. The number of rotatable bonds is 4. The molecule has 0 unspecified atom stereocenters. The summed E-state index contributed by atoms with van der Waals surface area (Å²) in [6.07, 6.45) is 5.62. The van der Waals surface area contributed by atoms with E-state index in [2.05, 4.69) is 0 Å². The average molecular weight is 185 g/mol. The van der Waals surface area contributed by atoms with Crippen LogP contribution in [-0.4, -0.2) is 18.6 Å². The lowest BCUT2D eigenvalue weighted by atomic mass is 10.1. The molecule has 1 atom stereocenters. The summed E-state index contributed by atoms with van der Waals surface area (Å²) in [5, 5.41) is 0. The van der Waals surface area contributed by atoms with E-state index in [4.69, 9.17) is 10.5 Å². The van der Waals surface area contributed by atoms with Gasteiger partial charge in [-0.05, 0) is 25.2 Å². The van der Waals surface area contributed by atoms with Gasteiger partial charge in [0.1, 0.15) is 6.04 Å². The van der Waals surface area contributed by atoms with Crippen molar-refractivity contribution in [1.29, 1.82) is 0 Å². The minimum atomic E-state index is -0.429. The molecule has 0 aromatic heterocycles. The zero-order valence-corrected chi connectivity index (χ0v) is 8.29. The molecule has 0 aliphatic heterocycles. The molecular weight excluding hydrogens is 166 g/mol. The molecule has 0 heterocycles. The van der Waals surface area contributed by atoms with Crippen molar-refractivity contribution in [2.24, 2.45) is 11.7 Å². The molecule has 0 saturated heterocycles. The molecule has 76 valence electrons. The molecule has 0 aromatic rings. The molecule has 0 spiro atoms. The second-order valence-corrected chi connectivity index (χ2v) is 3.80.